The zero-order valence-corrected chi connectivity index (χ0v) is 9.60. The van der Waals surface area contributed by atoms with Crippen LogP contribution in [0.2, 0.25) is 0 Å². The molecule has 0 heterocycles. The molecule has 2 nitrogen and oxygen atoms in total. The molecular weight excluding hydrogens is 144 g/mol. The summed E-state index contributed by atoms with van der Waals surface area (Å²) in [7, 11) is 0.772. The summed E-state index contributed by atoms with van der Waals surface area (Å²) < 4.78 is 10.8. The predicted molar refractivity (Wildman–Crippen MR) is 46.2 cm³/mol. The Morgan fingerprint density at radius 2 is 2.00 bits per heavy atom. The molecule has 0 rings (SSSR count). The average molecular weight is 162 g/mol. The summed E-state index contributed by atoms with van der Waals surface area (Å²) in [5.41, 5.74) is -0.109. The molecule has 1 atom stereocenters. The van der Waals surface area contributed by atoms with Gasteiger partial charge in [0.25, 0.3) is 0 Å². The van der Waals surface area contributed by atoms with Crippen molar-refractivity contribution in [2.45, 2.75) is 39.4 Å². The van der Waals surface area contributed by atoms with E-state index in [0.29, 0.717) is 0 Å². The van der Waals surface area contributed by atoms with E-state index in [0.717, 1.165) is 17.1 Å². The topological polar surface area (TPSA) is 18.5 Å². The Labute approximate surface area is 66.5 Å². The Morgan fingerprint density at radius 1 is 1.50 bits per heavy atom. The van der Waals surface area contributed by atoms with Crippen molar-refractivity contribution in [1.29, 1.82) is 0 Å². The minimum atomic E-state index is -0.109. The first kappa shape index (κ1) is 10.1. The van der Waals surface area contributed by atoms with Gasteiger partial charge in [-0.25, -0.2) is 0 Å². The lowest BCUT2D eigenvalue weighted by molar-refractivity contribution is -0.0560. The van der Waals surface area contributed by atoms with Gasteiger partial charge in [-0.1, -0.05) is 0 Å². The number of rotatable bonds is 4. The van der Waals surface area contributed by atoms with Crippen LogP contribution in [0.15, 0.2) is 0 Å². The van der Waals surface area contributed by atoms with Gasteiger partial charge in [-0.2, -0.15) is 0 Å². The lowest BCUT2D eigenvalue weighted by Gasteiger charge is -2.30. The van der Waals surface area contributed by atoms with Crippen LogP contribution in [0.1, 0.15) is 27.7 Å². The standard InChI is InChI=1S/C7H18O2Si/c1-5-8-6(2)7(3,4)9-10/h6H,5H2,1-4,10H3. The summed E-state index contributed by atoms with van der Waals surface area (Å²) in [6.07, 6.45) is 0.190. The fraction of sp³-hybridized carbons (Fsp3) is 1.00. The summed E-state index contributed by atoms with van der Waals surface area (Å²) in [5.74, 6) is 0. The van der Waals surface area contributed by atoms with Crippen molar-refractivity contribution >= 4 is 10.5 Å². The first-order chi connectivity index (χ1) is 4.54. The Balaban J connectivity index is 3.78. The summed E-state index contributed by atoms with van der Waals surface area (Å²) in [6.45, 7) is 8.91. The maximum atomic E-state index is 5.39. The minimum Gasteiger partial charge on any atom is -0.420 e. The van der Waals surface area contributed by atoms with Gasteiger partial charge in [0.05, 0.1) is 11.7 Å². The zero-order valence-electron chi connectivity index (χ0n) is 7.60. The Kier molecular flexibility index (Phi) is 4.16. The van der Waals surface area contributed by atoms with E-state index in [1.54, 1.807) is 0 Å². The molecule has 0 bridgehead atoms. The number of ether oxygens (including phenoxy) is 1. The van der Waals surface area contributed by atoms with Crippen molar-refractivity contribution in [3.05, 3.63) is 0 Å². The van der Waals surface area contributed by atoms with Crippen LogP contribution in [0.5, 0.6) is 0 Å². The van der Waals surface area contributed by atoms with E-state index in [9.17, 15) is 0 Å². The van der Waals surface area contributed by atoms with Crippen molar-refractivity contribution in [1.82, 2.24) is 0 Å². The second kappa shape index (κ2) is 4.11. The van der Waals surface area contributed by atoms with Crippen LogP contribution in [-0.2, 0) is 9.16 Å². The molecule has 0 aliphatic heterocycles. The molecule has 0 N–H and O–H groups in total. The van der Waals surface area contributed by atoms with E-state index in [2.05, 4.69) is 13.8 Å². The van der Waals surface area contributed by atoms with Crippen molar-refractivity contribution in [2.24, 2.45) is 0 Å². The van der Waals surface area contributed by atoms with Crippen molar-refractivity contribution in [2.75, 3.05) is 6.61 Å². The van der Waals surface area contributed by atoms with Crippen LogP contribution >= 0.6 is 0 Å². The monoisotopic (exact) mass is 162 g/mol. The second-order valence-corrected chi connectivity index (χ2v) is 3.31. The summed E-state index contributed by atoms with van der Waals surface area (Å²) in [5, 5.41) is 0. The quantitative estimate of drug-likeness (QED) is 0.560. The molecule has 0 saturated carbocycles. The minimum absolute atomic E-state index is 0.109. The maximum absolute atomic E-state index is 5.39. The van der Waals surface area contributed by atoms with Gasteiger partial charge >= 0.3 is 0 Å². The van der Waals surface area contributed by atoms with E-state index in [-0.39, 0.29) is 11.7 Å². The van der Waals surface area contributed by atoms with Gasteiger partial charge in [-0.15, -0.1) is 0 Å². The lowest BCUT2D eigenvalue weighted by Crippen LogP contribution is -2.38. The van der Waals surface area contributed by atoms with Gasteiger partial charge in [0.15, 0.2) is 0 Å². The van der Waals surface area contributed by atoms with Gasteiger partial charge in [0.2, 0.25) is 0 Å². The normalized spacial score (nSPS) is 15.6. The summed E-state index contributed by atoms with van der Waals surface area (Å²) in [6, 6.07) is 0. The van der Waals surface area contributed by atoms with E-state index in [1.165, 1.54) is 0 Å². The van der Waals surface area contributed by atoms with Gasteiger partial charge < -0.3 is 9.16 Å². The molecule has 10 heavy (non-hydrogen) atoms. The highest BCUT2D eigenvalue weighted by Crippen LogP contribution is 2.15. The van der Waals surface area contributed by atoms with Gasteiger partial charge in [0.1, 0.15) is 10.5 Å². The molecule has 1 unspecified atom stereocenters. The number of hydrogen-bond donors (Lipinski definition) is 0. The smallest absolute Gasteiger partial charge is 0.146 e. The first-order valence-electron chi connectivity index (χ1n) is 3.71. The Hall–Kier alpha value is 0.137. The molecule has 0 aliphatic carbocycles. The van der Waals surface area contributed by atoms with E-state index < -0.39 is 0 Å². The van der Waals surface area contributed by atoms with Crippen molar-refractivity contribution < 1.29 is 9.16 Å². The Bertz CT molecular complexity index is 93.6. The molecule has 62 valence electrons. The van der Waals surface area contributed by atoms with Crippen LogP contribution in [-0.4, -0.2) is 28.8 Å². The van der Waals surface area contributed by atoms with Gasteiger partial charge in [0, 0.05) is 6.61 Å². The van der Waals surface area contributed by atoms with Crippen LogP contribution in [0, 0.1) is 0 Å². The average Bonchev–Trinajstić information content (AvgIpc) is 1.89. The summed E-state index contributed by atoms with van der Waals surface area (Å²) >= 11 is 0. The van der Waals surface area contributed by atoms with Crippen molar-refractivity contribution in [3.8, 4) is 0 Å². The highest BCUT2D eigenvalue weighted by atomic mass is 28.2. The Morgan fingerprint density at radius 3 is 2.30 bits per heavy atom. The molecule has 0 spiro atoms. The van der Waals surface area contributed by atoms with Gasteiger partial charge in [-0.05, 0) is 27.7 Å². The highest BCUT2D eigenvalue weighted by Gasteiger charge is 2.24. The van der Waals surface area contributed by atoms with Crippen molar-refractivity contribution in [3.63, 3.8) is 0 Å². The highest BCUT2D eigenvalue weighted by molar-refractivity contribution is 5.98. The van der Waals surface area contributed by atoms with Crippen LogP contribution in [0.4, 0.5) is 0 Å². The molecular formula is C7H18O2Si. The largest absolute Gasteiger partial charge is 0.420 e. The molecule has 0 saturated heterocycles. The fourth-order valence-corrected chi connectivity index (χ4v) is 0.949. The summed E-state index contributed by atoms with van der Waals surface area (Å²) in [4.78, 5) is 0. The number of hydrogen-bond acceptors (Lipinski definition) is 2. The predicted octanol–water partition coefficient (Wildman–Crippen LogP) is 0.487. The van der Waals surface area contributed by atoms with Crippen LogP contribution in [0.25, 0.3) is 0 Å². The molecule has 0 aromatic rings. The second-order valence-electron chi connectivity index (χ2n) is 2.91. The third-order valence-corrected chi connectivity index (χ3v) is 2.97. The van der Waals surface area contributed by atoms with E-state index in [1.807, 2.05) is 13.8 Å². The van der Waals surface area contributed by atoms with E-state index in [4.69, 9.17) is 9.16 Å². The molecule has 0 aromatic heterocycles. The first-order valence-corrected chi connectivity index (χ1v) is 4.53. The zero-order chi connectivity index (χ0) is 8.20. The third kappa shape index (κ3) is 2.81. The van der Waals surface area contributed by atoms with E-state index >= 15 is 0 Å². The fourth-order valence-electron chi connectivity index (χ4n) is 0.617. The molecule has 3 heteroatoms. The molecule has 0 radical (unpaired) electrons. The third-order valence-electron chi connectivity index (χ3n) is 1.92. The SMILES string of the molecule is CCOC(C)C(C)(C)O[SiH3]. The molecule has 0 fully saturated rings. The molecule has 0 amide bonds. The van der Waals surface area contributed by atoms with Gasteiger partial charge in [-0.3, -0.25) is 0 Å². The van der Waals surface area contributed by atoms with Crippen LogP contribution in [0.3, 0.4) is 0 Å². The molecule has 0 aromatic carbocycles. The maximum Gasteiger partial charge on any atom is 0.146 e. The molecule has 0 aliphatic rings. The van der Waals surface area contributed by atoms with Crippen LogP contribution < -0.4 is 0 Å². The lowest BCUT2D eigenvalue weighted by atomic mass is 10.0.